The number of ether oxygens (including phenoxy) is 2. The first-order chi connectivity index (χ1) is 12.7. The van der Waals surface area contributed by atoms with E-state index in [1.54, 1.807) is 17.0 Å². The summed E-state index contributed by atoms with van der Waals surface area (Å²) in [5, 5.41) is 2.93. The highest BCUT2D eigenvalue weighted by atomic mass is 16.7. The summed E-state index contributed by atoms with van der Waals surface area (Å²) in [6.07, 6.45) is 2.14. The number of hydrogen-bond donors (Lipinski definition) is 1. The fourth-order valence-electron chi connectivity index (χ4n) is 3.26. The normalized spacial score (nSPS) is 15.4. The lowest BCUT2D eigenvalue weighted by Crippen LogP contribution is -2.27. The molecule has 0 saturated carbocycles. The zero-order valence-electron chi connectivity index (χ0n) is 14.4. The van der Waals surface area contributed by atoms with Crippen LogP contribution in [-0.4, -0.2) is 31.7 Å². The molecule has 2 aliphatic rings. The van der Waals surface area contributed by atoms with E-state index < -0.39 is 0 Å². The Labute approximate surface area is 151 Å². The molecule has 6 nitrogen and oxygen atoms in total. The van der Waals surface area contributed by atoms with Gasteiger partial charge in [-0.05, 0) is 48.7 Å². The second kappa shape index (κ2) is 7.07. The molecule has 0 radical (unpaired) electrons. The summed E-state index contributed by atoms with van der Waals surface area (Å²) in [6.45, 7) is 1.49. The Morgan fingerprint density at radius 2 is 2.00 bits per heavy atom. The molecule has 2 amide bonds. The number of carbonyl (C=O) groups is 2. The lowest BCUT2D eigenvalue weighted by molar-refractivity contribution is -0.117. The monoisotopic (exact) mass is 352 g/mol. The Hall–Kier alpha value is -3.02. The summed E-state index contributed by atoms with van der Waals surface area (Å²) in [5.41, 5.74) is 2.43. The van der Waals surface area contributed by atoms with Gasteiger partial charge in [0.25, 0.3) is 5.91 Å². The van der Waals surface area contributed by atoms with Crippen molar-refractivity contribution >= 4 is 17.5 Å². The van der Waals surface area contributed by atoms with E-state index in [0.717, 1.165) is 29.2 Å². The van der Waals surface area contributed by atoms with Crippen LogP contribution in [0, 0.1) is 0 Å². The topological polar surface area (TPSA) is 67.9 Å². The van der Waals surface area contributed by atoms with Crippen molar-refractivity contribution in [1.29, 1.82) is 0 Å². The van der Waals surface area contributed by atoms with Crippen molar-refractivity contribution in [2.45, 2.75) is 19.3 Å². The van der Waals surface area contributed by atoms with Crippen molar-refractivity contribution in [1.82, 2.24) is 5.32 Å². The summed E-state index contributed by atoms with van der Waals surface area (Å²) >= 11 is 0. The number of nitrogens with one attached hydrogen (secondary N) is 1. The van der Waals surface area contributed by atoms with Crippen LogP contribution in [0.15, 0.2) is 42.5 Å². The number of anilines is 1. The van der Waals surface area contributed by atoms with E-state index in [1.165, 1.54) is 0 Å². The lowest BCUT2D eigenvalue weighted by Gasteiger charge is -2.16. The number of hydrogen-bond acceptors (Lipinski definition) is 4. The van der Waals surface area contributed by atoms with Gasteiger partial charge < -0.3 is 19.7 Å². The van der Waals surface area contributed by atoms with E-state index >= 15 is 0 Å². The fraction of sp³-hybridized carbons (Fsp3) is 0.300. The molecule has 0 aromatic heterocycles. The molecule has 2 heterocycles. The van der Waals surface area contributed by atoms with E-state index in [0.29, 0.717) is 31.5 Å². The summed E-state index contributed by atoms with van der Waals surface area (Å²) in [6, 6.07) is 13.0. The molecule has 0 bridgehead atoms. The van der Waals surface area contributed by atoms with E-state index in [9.17, 15) is 9.59 Å². The summed E-state index contributed by atoms with van der Waals surface area (Å²) in [7, 11) is 0. The van der Waals surface area contributed by atoms with Crippen LogP contribution in [0.25, 0.3) is 0 Å². The van der Waals surface area contributed by atoms with Crippen molar-refractivity contribution in [3.63, 3.8) is 0 Å². The zero-order valence-corrected chi connectivity index (χ0v) is 14.4. The molecule has 0 spiro atoms. The van der Waals surface area contributed by atoms with Gasteiger partial charge in [0.2, 0.25) is 12.7 Å². The molecule has 26 heavy (non-hydrogen) atoms. The van der Waals surface area contributed by atoms with Gasteiger partial charge in [0, 0.05) is 30.8 Å². The number of carbonyl (C=O) groups excluding carboxylic acids is 2. The predicted octanol–water partition coefficient (Wildman–Crippen LogP) is 2.51. The summed E-state index contributed by atoms with van der Waals surface area (Å²) < 4.78 is 10.7. The van der Waals surface area contributed by atoms with Crippen LogP contribution in [0.2, 0.25) is 0 Å². The van der Waals surface area contributed by atoms with E-state index in [4.69, 9.17) is 9.47 Å². The van der Waals surface area contributed by atoms with Crippen LogP contribution >= 0.6 is 0 Å². The summed E-state index contributed by atoms with van der Waals surface area (Å²) in [5.74, 6) is 1.48. The van der Waals surface area contributed by atoms with Gasteiger partial charge in [-0.15, -0.1) is 0 Å². The number of nitrogens with zero attached hydrogens (tertiary/aromatic N) is 1. The van der Waals surface area contributed by atoms with E-state index in [2.05, 4.69) is 5.32 Å². The smallest absolute Gasteiger partial charge is 0.251 e. The molecule has 0 atom stereocenters. The molecule has 2 aliphatic heterocycles. The predicted molar refractivity (Wildman–Crippen MR) is 96.6 cm³/mol. The first kappa shape index (κ1) is 16.4. The van der Waals surface area contributed by atoms with Crippen molar-refractivity contribution in [2.75, 3.05) is 24.8 Å². The average molecular weight is 352 g/mol. The summed E-state index contributed by atoms with van der Waals surface area (Å²) in [4.78, 5) is 26.0. The molecule has 1 fully saturated rings. The van der Waals surface area contributed by atoms with Crippen LogP contribution in [0.5, 0.6) is 11.5 Å². The Kier molecular flexibility index (Phi) is 4.48. The third kappa shape index (κ3) is 3.35. The Bertz CT molecular complexity index is 849. The molecule has 0 aliphatic carbocycles. The van der Waals surface area contributed by atoms with Gasteiger partial charge in [-0.1, -0.05) is 12.1 Å². The van der Waals surface area contributed by atoms with Crippen LogP contribution in [0.1, 0.15) is 28.8 Å². The van der Waals surface area contributed by atoms with Crippen molar-refractivity contribution in [2.24, 2.45) is 0 Å². The highest BCUT2D eigenvalue weighted by Gasteiger charge is 2.22. The molecular weight excluding hydrogens is 332 g/mol. The Morgan fingerprint density at radius 1 is 1.12 bits per heavy atom. The van der Waals surface area contributed by atoms with Crippen molar-refractivity contribution in [3.8, 4) is 11.5 Å². The molecule has 134 valence electrons. The van der Waals surface area contributed by atoms with Gasteiger partial charge in [-0.3, -0.25) is 9.59 Å². The Balaban J connectivity index is 1.35. The quantitative estimate of drug-likeness (QED) is 0.898. The molecule has 0 unspecified atom stereocenters. The molecule has 2 aromatic carbocycles. The van der Waals surface area contributed by atoms with Crippen LogP contribution in [0.4, 0.5) is 5.69 Å². The SMILES string of the molecule is O=C(NCCc1ccc2c(c1)OCO2)c1cccc(N2CCCC2=O)c1. The minimum Gasteiger partial charge on any atom is -0.454 e. The molecule has 6 heteroatoms. The first-order valence-corrected chi connectivity index (χ1v) is 8.78. The zero-order chi connectivity index (χ0) is 17.9. The maximum atomic E-state index is 12.4. The van der Waals surface area contributed by atoms with Gasteiger partial charge in [0.1, 0.15) is 0 Å². The standard InChI is InChI=1S/C20H20N2O4/c23-19-5-2-10-22(19)16-4-1-3-15(12-16)20(24)21-9-8-14-6-7-17-18(11-14)26-13-25-17/h1,3-4,6-7,11-12H,2,5,8-10,13H2,(H,21,24). The first-order valence-electron chi connectivity index (χ1n) is 8.78. The van der Waals surface area contributed by atoms with Gasteiger partial charge in [0.15, 0.2) is 11.5 Å². The maximum Gasteiger partial charge on any atom is 0.251 e. The second-order valence-corrected chi connectivity index (χ2v) is 6.39. The Morgan fingerprint density at radius 3 is 2.85 bits per heavy atom. The van der Waals surface area contributed by atoms with Gasteiger partial charge in [-0.25, -0.2) is 0 Å². The molecular formula is C20H20N2O4. The van der Waals surface area contributed by atoms with Crippen molar-refractivity contribution in [3.05, 3.63) is 53.6 Å². The largest absolute Gasteiger partial charge is 0.454 e. The van der Waals surface area contributed by atoms with E-state index in [1.807, 2.05) is 30.3 Å². The highest BCUT2D eigenvalue weighted by Crippen LogP contribution is 2.32. The van der Waals surface area contributed by atoms with Crippen LogP contribution in [-0.2, 0) is 11.2 Å². The second-order valence-electron chi connectivity index (χ2n) is 6.39. The van der Waals surface area contributed by atoms with Crippen LogP contribution < -0.4 is 19.7 Å². The number of rotatable bonds is 5. The highest BCUT2D eigenvalue weighted by molar-refractivity contribution is 5.99. The number of amides is 2. The minimum absolute atomic E-state index is 0.116. The minimum atomic E-state index is -0.140. The van der Waals surface area contributed by atoms with Gasteiger partial charge in [0.05, 0.1) is 0 Å². The van der Waals surface area contributed by atoms with Gasteiger partial charge in [-0.2, -0.15) is 0 Å². The maximum absolute atomic E-state index is 12.4. The molecule has 2 aromatic rings. The molecule has 1 N–H and O–H groups in total. The lowest BCUT2D eigenvalue weighted by atomic mass is 10.1. The van der Waals surface area contributed by atoms with E-state index in [-0.39, 0.29) is 18.6 Å². The number of fused-ring (bicyclic) bond motifs is 1. The number of benzene rings is 2. The van der Waals surface area contributed by atoms with Crippen LogP contribution in [0.3, 0.4) is 0 Å². The third-order valence-electron chi connectivity index (χ3n) is 4.63. The van der Waals surface area contributed by atoms with Crippen molar-refractivity contribution < 1.29 is 19.1 Å². The molecule has 4 rings (SSSR count). The fourth-order valence-corrected chi connectivity index (χ4v) is 3.26. The average Bonchev–Trinajstić information content (AvgIpc) is 3.30. The third-order valence-corrected chi connectivity index (χ3v) is 4.63. The molecule has 1 saturated heterocycles. The van der Waals surface area contributed by atoms with Gasteiger partial charge >= 0.3 is 0 Å².